The van der Waals surface area contributed by atoms with Gasteiger partial charge in [-0.15, -0.1) is 0 Å². The fraction of sp³-hybridized carbons (Fsp3) is 0.190. The van der Waals surface area contributed by atoms with E-state index in [4.69, 9.17) is 4.74 Å². The number of hydrogen-bond donors (Lipinski definition) is 3. The summed E-state index contributed by atoms with van der Waals surface area (Å²) in [6.45, 7) is 0.340. The fourth-order valence-electron chi connectivity index (χ4n) is 3.10. The molecule has 2 atom stereocenters. The van der Waals surface area contributed by atoms with Crippen molar-refractivity contribution in [2.24, 2.45) is 0 Å². The van der Waals surface area contributed by atoms with E-state index in [1.807, 2.05) is 54.6 Å². The summed E-state index contributed by atoms with van der Waals surface area (Å²) in [7, 11) is 0. The molecular weight excluding hydrogens is 354 g/mol. The topological polar surface area (TPSA) is 88.2 Å². The number of carbonyl (C=O) groups excluding carboxylic acids is 1. The van der Waals surface area contributed by atoms with E-state index in [2.05, 4.69) is 26.1 Å². The zero-order valence-corrected chi connectivity index (χ0v) is 15.2. The molecular formula is C21H21N5O2. The van der Waals surface area contributed by atoms with Crippen LogP contribution >= 0.6 is 0 Å². The summed E-state index contributed by atoms with van der Waals surface area (Å²) in [5.74, 6) is 1.12. The molecule has 3 N–H and O–H groups in total. The van der Waals surface area contributed by atoms with Gasteiger partial charge in [-0.25, -0.2) is 15.8 Å². The number of hydrazine groups is 1. The lowest BCUT2D eigenvalue weighted by atomic mass is 10.0. The molecule has 7 nitrogen and oxygen atoms in total. The second kappa shape index (κ2) is 8.60. The summed E-state index contributed by atoms with van der Waals surface area (Å²) in [5.41, 5.74) is 8.15. The van der Waals surface area contributed by atoms with Gasteiger partial charge in [0.15, 0.2) is 0 Å². The minimum atomic E-state index is -0.312. The van der Waals surface area contributed by atoms with Crippen molar-refractivity contribution >= 4 is 5.91 Å². The molecule has 3 aromatic rings. The Morgan fingerprint density at radius 2 is 1.86 bits per heavy atom. The maximum Gasteiger partial charge on any atom is 0.238 e. The Morgan fingerprint density at radius 1 is 1.04 bits per heavy atom. The Kier molecular flexibility index (Phi) is 5.56. The van der Waals surface area contributed by atoms with Gasteiger partial charge in [0.05, 0.1) is 0 Å². The van der Waals surface area contributed by atoms with Crippen LogP contribution in [0, 0.1) is 0 Å². The van der Waals surface area contributed by atoms with Crippen LogP contribution in [-0.4, -0.2) is 21.9 Å². The van der Waals surface area contributed by atoms with Gasteiger partial charge >= 0.3 is 0 Å². The third-order valence-corrected chi connectivity index (χ3v) is 4.59. The fourth-order valence-corrected chi connectivity index (χ4v) is 3.10. The lowest BCUT2D eigenvalue weighted by molar-refractivity contribution is -0.123. The zero-order chi connectivity index (χ0) is 19.2. The van der Waals surface area contributed by atoms with Gasteiger partial charge in [0.25, 0.3) is 0 Å². The van der Waals surface area contributed by atoms with E-state index in [0.29, 0.717) is 24.6 Å². The second-order valence-electron chi connectivity index (χ2n) is 6.51. The molecule has 0 saturated carbocycles. The molecule has 28 heavy (non-hydrogen) atoms. The Hall–Kier alpha value is -3.29. The maximum atomic E-state index is 12.6. The number of ether oxygens (including phenoxy) is 1. The van der Waals surface area contributed by atoms with E-state index in [1.54, 1.807) is 18.6 Å². The highest BCUT2D eigenvalue weighted by Crippen LogP contribution is 2.23. The van der Waals surface area contributed by atoms with Crippen molar-refractivity contribution in [3.8, 4) is 11.6 Å². The van der Waals surface area contributed by atoms with E-state index < -0.39 is 0 Å². The van der Waals surface area contributed by atoms with Crippen LogP contribution in [0.2, 0.25) is 0 Å². The van der Waals surface area contributed by atoms with E-state index in [0.717, 1.165) is 11.1 Å². The number of nitrogens with zero attached hydrogens (tertiary/aromatic N) is 2. The Bertz CT molecular complexity index is 920. The molecule has 0 aliphatic carbocycles. The summed E-state index contributed by atoms with van der Waals surface area (Å²) in [6, 6.07) is 16.8. The van der Waals surface area contributed by atoms with E-state index in [-0.39, 0.29) is 18.0 Å². The van der Waals surface area contributed by atoms with Crippen molar-refractivity contribution in [1.82, 2.24) is 26.1 Å². The van der Waals surface area contributed by atoms with E-state index in [1.165, 1.54) is 0 Å². The van der Waals surface area contributed by atoms with Crippen molar-refractivity contribution in [3.05, 3.63) is 84.3 Å². The van der Waals surface area contributed by atoms with Crippen LogP contribution in [0.5, 0.6) is 11.6 Å². The zero-order valence-electron chi connectivity index (χ0n) is 15.2. The molecule has 0 radical (unpaired) electrons. The second-order valence-corrected chi connectivity index (χ2v) is 6.51. The van der Waals surface area contributed by atoms with E-state index >= 15 is 0 Å². The predicted octanol–water partition coefficient (Wildman–Crippen LogP) is 2.49. The molecule has 1 aliphatic heterocycles. The molecule has 2 aromatic heterocycles. The summed E-state index contributed by atoms with van der Waals surface area (Å²) in [4.78, 5) is 20.9. The lowest BCUT2D eigenvalue weighted by Crippen LogP contribution is -2.42. The molecule has 1 saturated heterocycles. The normalized spacial score (nSPS) is 18.6. The van der Waals surface area contributed by atoms with Crippen molar-refractivity contribution in [2.45, 2.75) is 25.0 Å². The molecule has 4 rings (SSSR count). The van der Waals surface area contributed by atoms with Crippen LogP contribution in [0.1, 0.15) is 23.6 Å². The average Bonchev–Trinajstić information content (AvgIpc) is 3.25. The minimum absolute atomic E-state index is 0.0708. The first-order valence-electron chi connectivity index (χ1n) is 9.15. The summed E-state index contributed by atoms with van der Waals surface area (Å²) in [6.07, 6.45) is 5.84. The maximum absolute atomic E-state index is 12.6. The highest BCUT2D eigenvalue weighted by molar-refractivity contribution is 5.82. The summed E-state index contributed by atoms with van der Waals surface area (Å²) >= 11 is 0. The molecule has 1 fully saturated rings. The van der Waals surface area contributed by atoms with Crippen LogP contribution in [-0.2, 0) is 11.3 Å². The first-order valence-corrected chi connectivity index (χ1v) is 9.15. The Balaban J connectivity index is 1.35. The van der Waals surface area contributed by atoms with E-state index in [9.17, 15) is 4.79 Å². The lowest BCUT2D eigenvalue weighted by Gasteiger charge is -2.13. The number of carbonyl (C=O) groups is 1. The average molecular weight is 375 g/mol. The van der Waals surface area contributed by atoms with Crippen LogP contribution in [0.15, 0.2) is 73.2 Å². The van der Waals surface area contributed by atoms with Gasteiger partial charge < -0.3 is 10.1 Å². The predicted molar refractivity (Wildman–Crippen MR) is 104 cm³/mol. The summed E-state index contributed by atoms with van der Waals surface area (Å²) < 4.78 is 5.85. The van der Waals surface area contributed by atoms with Gasteiger partial charge in [-0.3, -0.25) is 9.78 Å². The molecule has 1 aromatic carbocycles. The third-order valence-electron chi connectivity index (χ3n) is 4.59. The highest BCUT2D eigenvalue weighted by atomic mass is 16.5. The number of nitrogens with one attached hydrogen (secondary N) is 3. The number of para-hydroxylation sites is 1. The van der Waals surface area contributed by atoms with Crippen molar-refractivity contribution in [1.29, 1.82) is 0 Å². The van der Waals surface area contributed by atoms with Gasteiger partial charge in [0, 0.05) is 36.7 Å². The Morgan fingerprint density at radius 3 is 2.68 bits per heavy atom. The number of amides is 1. The standard InChI is InChI=1S/C21H21N5O2/c27-20(19-13-18(25-26-19)15-8-11-22-12-9-15)24-14-16-5-4-10-23-21(16)28-17-6-2-1-3-7-17/h1-12,18-19,25-26H,13-14H2,(H,24,27). The summed E-state index contributed by atoms with van der Waals surface area (Å²) in [5, 5.41) is 2.97. The first kappa shape index (κ1) is 18.1. The van der Waals surface area contributed by atoms with Crippen LogP contribution in [0.25, 0.3) is 0 Å². The SMILES string of the molecule is O=C(NCc1cccnc1Oc1ccccc1)C1CC(c2ccncc2)NN1. The molecule has 3 heterocycles. The minimum Gasteiger partial charge on any atom is -0.439 e. The van der Waals surface area contributed by atoms with Crippen LogP contribution in [0.4, 0.5) is 0 Å². The van der Waals surface area contributed by atoms with Crippen molar-refractivity contribution < 1.29 is 9.53 Å². The molecule has 0 bridgehead atoms. The molecule has 142 valence electrons. The molecule has 7 heteroatoms. The molecule has 2 unspecified atom stereocenters. The quantitative estimate of drug-likeness (QED) is 0.614. The van der Waals surface area contributed by atoms with Crippen LogP contribution < -0.4 is 20.9 Å². The van der Waals surface area contributed by atoms with Gasteiger partial charge in [0.2, 0.25) is 11.8 Å². The highest BCUT2D eigenvalue weighted by Gasteiger charge is 2.30. The number of pyridine rings is 2. The van der Waals surface area contributed by atoms with Crippen molar-refractivity contribution in [2.75, 3.05) is 0 Å². The largest absolute Gasteiger partial charge is 0.439 e. The Labute approximate surface area is 163 Å². The first-order chi connectivity index (χ1) is 13.8. The number of benzene rings is 1. The number of aromatic nitrogens is 2. The molecule has 1 aliphatic rings. The monoisotopic (exact) mass is 375 g/mol. The van der Waals surface area contributed by atoms with Gasteiger partial charge in [0.1, 0.15) is 11.8 Å². The van der Waals surface area contributed by atoms with Crippen molar-refractivity contribution in [3.63, 3.8) is 0 Å². The molecule has 0 spiro atoms. The molecule has 1 amide bonds. The van der Waals surface area contributed by atoms with Gasteiger partial charge in [-0.2, -0.15) is 0 Å². The number of rotatable bonds is 6. The number of hydrogen-bond acceptors (Lipinski definition) is 6. The van der Waals surface area contributed by atoms with Gasteiger partial charge in [-0.1, -0.05) is 24.3 Å². The van der Waals surface area contributed by atoms with Crippen LogP contribution in [0.3, 0.4) is 0 Å². The third kappa shape index (κ3) is 4.33. The smallest absolute Gasteiger partial charge is 0.238 e. The van der Waals surface area contributed by atoms with Gasteiger partial charge in [-0.05, 0) is 42.3 Å².